The lowest BCUT2D eigenvalue weighted by Gasteiger charge is -2.40. The molecule has 1 amide bonds. The molecule has 1 N–H and O–H groups in total. The Morgan fingerprint density at radius 1 is 0.804 bits per heavy atom. The van der Waals surface area contributed by atoms with Crippen LogP contribution in [0.15, 0.2) is 54.6 Å². The molecule has 4 aliphatic rings. The average Bonchev–Trinajstić information content (AvgIpc) is 3.10. The number of rotatable bonds is 3. The molecule has 294 valence electrons. The Bertz CT molecular complexity index is 2090. The Kier molecular flexibility index (Phi) is 12.5. The summed E-state index contributed by atoms with van der Waals surface area (Å²) in [6.45, 7) is 18.5. The fraction of sp³-hybridized carbons (Fsp3) is 0.458. The smallest absolute Gasteiger partial charge is 0.414 e. The summed E-state index contributed by atoms with van der Waals surface area (Å²) in [5.41, 5.74) is 7.23. The van der Waals surface area contributed by atoms with Crippen molar-refractivity contribution in [3.05, 3.63) is 99.1 Å². The molecule has 2 aliphatic heterocycles. The van der Waals surface area contributed by atoms with Crippen molar-refractivity contribution in [2.75, 3.05) is 20.2 Å². The van der Waals surface area contributed by atoms with E-state index in [0.29, 0.717) is 50.0 Å². The molecule has 2 aliphatic carbocycles. The van der Waals surface area contributed by atoms with Crippen LogP contribution in [0.25, 0.3) is 5.57 Å². The zero-order valence-electron chi connectivity index (χ0n) is 34.7. The van der Waals surface area contributed by atoms with Gasteiger partial charge in [0.05, 0.1) is 12.7 Å². The Hall–Kier alpha value is -5.34. The molecule has 0 bridgehead atoms. The van der Waals surface area contributed by atoms with Gasteiger partial charge in [0.1, 0.15) is 28.8 Å². The maximum absolute atomic E-state index is 13.5. The molecule has 2 aromatic carbocycles. The lowest BCUT2D eigenvalue weighted by Crippen LogP contribution is -2.41. The lowest BCUT2D eigenvalue weighted by atomic mass is 9.64. The summed E-state index contributed by atoms with van der Waals surface area (Å²) in [7, 11) is 1.63. The van der Waals surface area contributed by atoms with E-state index >= 15 is 0 Å². The molecule has 2 aromatic rings. The molecule has 6 rings (SSSR count). The largest absolute Gasteiger partial charge is 0.500 e. The molecule has 8 nitrogen and oxygen atoms in total. The van der Waals surface area contributed by atoms with Gasteiger partial charge in [0.15, 0.2) is 5.78 Å². The van der Waals surface area contributed by atoms with Gasteiger partial charge >= 0.3 is 6.09 Å². The van der Waals surface area contributed by atoms with Crippen molar-refractivity contribution in [2.24, 2.45) is 10.8 Å². The Morgan fingerprint density at radius 3 is 1.82 bits per heavy atom. The van der Waals surface area contributed by atoms with E-state index in [0.717, 1.165) is 57.5 Å². The van der Waals surface area contributed by atoms with Crippen LogP contribution in [0.5, 0.6) is 0 Å². The third-order valence-electron chi connectivity index (χ3n) is 11.1. The third-order valence-corrected chi connectivity index (χ3v) is 11.1. The lowest BCUT2D eigenvalue weighted by molar-refractivity contribution is -0.135. The van der Waals surface area contributed by atoms with Gasteiger partial charge in [-0.05, 0) is 139 Å². The van der Waals surface area contributed by atoms with Crippen LogP contribution >= 0.6 is 0 Å². The van der Waals surface area contributed by atoms with Gasteiger partial charge in [-0.2, -0.15) is 0 Å². The second kappa shape index (κ2) is 16.8. The van der Waals surface area contributed by atoms with E-state index < -0.39 is 11.5 Å². The van der Waals surface area contributed by atoms with Crippen molar-refractivity contribution in [3.63, 3.8) is 0 Å². The first kappa shape index (κ1) is 41.8. The summed E-state index contributed by atoms with van der Waals surface area (Å²) in [4.78, 5) is 53.2. The van der Waals surface area contributed by atoms with Gasteiger partial charge in [-0.1, -0.05) is 24.0 Å². The van der Waals surface area contributed by atoms with E-state index in [2.05, 4.69) is 29.0 Å². The number of amides is 1. The number of ketones is 3. The number of hydrogen-bond donors (Lipinski definition) is 1. The van der Waals surface area contributed by atoms with Gasteiger partial charge in [0.25, 0.3) is 0 Å². The molecule has 0 saturated heterocycles. The molecule has 0 aromatic heterocycles. The highest BCUT2D eigenvalue weighted by atomic mass is 16.6. The normalized spacial score (nSPS) is 23.1. The summed E-state index contributed by atoms with van der Waals surface area (Å²) >= 11 is 0. The predicted octanol–water partition coefficient (Wildman–Crippen LogP) is 8.72. The van der Waals surface area contributed by atoms with E-state index in [9.17, 15) is 19.2 Å². The Labute approximate surface area is 333 Å². The van der Waals surface area contributed by atoms with Crippen molar-refractivity contribution < 1.29 is 28.7 Å². The van der Waals surface area contributed by atoms with Crippen molar-refractivity contribution in [1.82, 2.24) is 10.2 Å². The van der Waals surface area contributed by atoms with E-state index in [1.807, 2.05) is 98.0 Å². The summed E-state index contributed by atoms with van der Waals surface area (Å²) in [5, 5.41) is 3.15. The molecule has 8 heteroatoms. The SMILES string of the molecule is CC#Cc1cc(C)c(C2=C(OC)CC3(C=CN(C(=O)OC(C)(C)C)CC3)CC2=O)c(C)c1.CC#Cc1cc(C)c(C2C(=O)CC3(C=CNCC3)CC2=O)c(C)c1. The van der Waals surface area contributed by atoms with Gasteiger partial charge in [0, 0.05) is 66.9 Å². The second-order valence-corrected chi connectivity index (χ2v) is 16.8. The topological polar surface area (TPSA) is 102 Å². The highest BCUT2D eigenvalue weighted by Crippen LogP contribution is 2.48. The van der Waals surface area contributed by atoms with Crippen molar-refractivity contribution in [2.45, 2.75) is 112 Å². The number of carbonyl (C=O) groups excluding carboxylic acids is 4. The highest BCUT2D eigenvalue weighted by Gasteiger charge is 2.46. The zero-order valence-corrected chi connectivity index (χ0v) is 34.7. The zero-order chi connectivity index (χ0) is 41.0. The van der Waals surface area contributed by atoms with E-state index in [4.69, 9.17) is 9.47 Å². The van der Waals surface area contributed by atoms with Crippen molar-refractivity contribution in [3.8, 4) is 23.7 Å². The molecular weight excluding hydrogens is 701 g/mol. The quantitative estimate of drug-likeness (QED) is 0.247. The molecule has 1 saturated carbocycles. The number of aryl methyl sites for hydroxylation is 4. The third kappa shape index (κ3) is 9.19. The number of hydrogen-bond acceptors (Lipinski definition) is 7. The Morgan fingerprint density at radius 2 is 1.36 bits per heavy atom. The summed E-state index contributed by atoms with van der Waals surface area (Å²) < 4.78 is 11.2. The van der Waals surface area contributed by atoms with Crippen LogP contribution in [0.1, 0.15) is 124 Å². The van der Waals surface area contributed by atoms with E-state index in [1.165, 1.54) is 0 Å². The molecule has 2 heterocycles. The van der Waals surface area contributed by atoms with Crippen LogP contribution in [0.3, 0.4) is 0 Å². The van der Waals surface area contributed by atoms with Crippen molar-refractivity contribution >= 4 is 29.0 Å². The van der Waals surface area contributed by atoms with Crippen LogP contribution in [-0.4, -0.2) is 54.1 Å². The fourth-order valence-electron chi connectivity index (χ4n) is 8.70. The van der Waals surface area contributed by atoms with Gasteiger partial charge in [-0.15, -0.1) is 11.8 Å². The van der Waals surface area contributed by atoms with Crippen molar-refractivity contribution in [1.29, 1.82) is 0 Å². The molecule has 1 fully saturated rings. The molecular formula is C48H56N2O6. The first-order chi connectivity index (χ1) is 26.4. The molecule has 2 spiro atoms. The number of ether oxygens (including phenoxy) is 2. The Balaban J connectivity index is 0.000000223. The standard InChI is InChI=1S/C27H33NO4.C21H23NO2/c1-8-9-20-14-18(2)23(19(3)15-20)24-21(29)16-27(17-22(24)31-7)10-12-28(13-11-27)25(30)32-26(4,5)6;1-4-5-16-10-14(2)19(15(3)11-16)20-17(23)12-21(13-18(20)24)6-8-22-9-7-21/h10,12,14-15H,11,13,16-17H2,1-7H3;6,8,10-11,20,22H,7,9,12-13H2,1-3H3. The summed E-state index contributed by atoms with van der Waals surface area (Å²) in [6.07, 6.45) is 10.7. The number of methoxy groups -OCH3 is 1. The molecule has 0 radical (unpaired) electrons. The minimum atomic E-state index is -0.609. The van der Waals surface area contributed by atoms with Crippen LogP contribution in [0, 0.1) is 62.2 Å². The van der Waals surface area contributed by atoms with Gasteiger partial charge in [-0.25, -0.2) is 4.79 Å². The molecule has 1 unspecified atom stereocenters. The minimum Gasteiger partial charge on any atom is -0.500 e. The second-order valence-electron chi connectivity index (χ2n) is 16.8. The van der Waals surface area contributed by atoms with Crippen LogP contribution in [0.4, 0.5) is 4.79 Å². The fourth-order valence-corrected chi connectivity index (χ4v) is 8.70. The maximum Gasteiger partial charge on any atom is 0.414 e. The average molecular weight is 757 g/mol. The maximum atomic E-state index is 13.5. The van der Waals surface area contributed by atoms with Crippen LogP contribution < -0.4 is 5.32 Å². The number of allylic oxidation sites excluding steroid dienone is 4. The van der Waals surface area contributed by atoms with Crippen LogP contribution in [-0.2, 0) is 23.9 Å². The summed E-state index contributed by atoms with van der Waals surface area (Å²) in [5.74, 6) is 12.3. The van der Waals surface area contributed by atoms with E-state index in [1.54, 1.807) is 25.1 Å². The molecule has 1 atom stereocenters. The first-order valence-electron chi connectivity index (χ1n) is 19.5. The van der Waals surface area contributed by atoms with Crippen LogP contribution in [0.2, 0.25) is 0 Å². The first-order valence-corrected chi connectivity index (χ1v) is 19.5. The molecule has 56 heavy (non-hydrogen) atoms. The number of carbonyl (C=O) groups is 4. The minimum absolute atomic E-state index is 0.0540. The van der Waals surface area contributed by atoms with Gasteiger partial charge in [0.2, 0.25) is 0 Å². The predicted molar refractivity (Wildman–Crippen MR) is 220 cm³/mol. The van der Waals surface area contributed by atoms with Gasteiger partial charge < -0.3 is 14.8 Å². The summed E-state index contributed by atoms with van der Waals surface area (Å²) in [6, 6.07) is 8.01. The number of nitrogens with one attached hydrogen (secondary N) is 1. The number of nitrogens with zero attached hydrogens (tertiary/aromatic N) is 1. The highest BCUT2D eigenvalue weighted by molar-refractivity contribution is 6.23. The number of benzene rings is 2. The van der Waals surface area contributed by atoms with E-state index in [-0.39, 0.29) is 34.3 Å². The monoisotopic (exact) mass is 756 g/mol. The number of Topliss-reactive ketones (excluding diaryl/α,β-unsaturated/α-hetero) is 3. The van der Waals surface area contributed by atoms with Gasteiger partial charge in [-0.3, -0.25) is 19.3 Å².